The number of nitrogens with zero attached hydrogens (tertiary/aromatic N) is 2. The molecule has 0 aliphatic heterocycles. The first kappa shape index (κ1) is 38.9. The van der Waals surface area contributed by atoms with Crippen LogP contribution in [0.25, 0.3) is 77.1 Å². The third-order valence-electron chi connectivity index (χ3n) is 12.2. The van der Waals surface area contributed by atoms with E-state index in [1.807, 2.05) is 30.5 Å². The van der Waals surface area contributed by atoms with Crippen LogP contribution in [0.4, 0.5) is 0 Å². The Hall–Kier alpha value is -5.19. The van der Waals surface area contributed by atoms with Gasteiger partial charge in [-0.25, -0.2) is 0 Å². The van der Waals surface area contributed by atoms with Crippen molar-refractivity contribution in [3.8, 4) is 33.6 Å². The van der Waals surface area contributed by atoms with Crippen molar-refractivity contribution < 1.29 is 35.5 Å². The number of hydrogen-bond acceptors (Lipinski definition) is 3. The molecule has 0 atom stereocenters. The summed E-state index contributed by atoms with van der Waals surface area (Å²) >= 11 is 0. The van der Waals surface area contributed by atoms with Crippen molar-refractivity contribution in [2.45, 2.75) is 120 Å². The van der Waals surface area contributed by atoms with Gasteiger partial charge in [0.15, 0.2) is 0 Å². The van der Waals surface area contributed by atoms with E-state index in [9.17, 15) is 0 Å². The van der Waals surface area contributed by atoms with E-state index in [0.29, 0.717) is 28.3 Å². The fourth-order valence-corrected chi connectivity index (χ4v) is 9.83. The van der Waals surface area contributed by atoms with Crippen LogP contribution in [0.2, 0.25) is 19.6 Å². The van der Waals surface area contributed by atoms with Crippen LogP contribution in [0, 0.1) is 31.3 Å². The molecular weight excluding hydrogens is 997 g/mol. The molecule has 9 rings (SSSR count). The molecule has 3 nitrogen and oxygen atoms in total. The van der Waals surface area contributed by atoms with Gasteiger partial charge in [-0.15, -0.1) is 47.5 Å². The topological polar surface area (TPSA) is 38.9 Å². The molecule has 0 N–H and O–H groups in total. The summed E-state index contributed by atoms with van der Waals surface area (Å²) in [6.45, 7) is 20.7. The summed E-state index contributed by atoms with van der Waals surface area (Å²) in [4.78, 5) is 9.12. The summed E-state index contributed by atoms with van der Waals surface area (Å²) in [6.07, 6.45) is 1.22. The second-order valence-electron chi connectivity index (χ2n) is 20.4. The smallest absolute Gasteiger partial charge is 0.121 e. The minimum absolute atomic E-state index is 0. The first-order valence-corrected chi connectivity index (χ1v) is 26.4. The molecule has 3 heterocycles. The number of benzene rings is 6. The van der Waals surface area contributed by atoms with Gasteiger partial charge >= 0.3 is 0 Å². The van der Waals surface area contributed by atoms with Crippen molar-refractivity contribution in [3.05, 3.63) is 161 Å². The van der Waals surface area contributed by atoms with E-state index in [0.717, 1.165) is 60.3 Å². The molecule has 0 amide bonds. The molecule has 0 spiro atoms. The van der Waals surface area contributed by atoms with E-state index in [-0.39, 0.29) is 43.1 Å². The molecule has 1 radical (unpaired) electrons. The van der Waals surface area contributed by atoms with Gasteiger partial charge in [-0.3, -0.25) is 0 Å². The molecule has 0 saturated heterocycles. The molecule has 9 aromatic rings. The summed E-state index contributed by atoms with van der Waals surface area (Å²) in [7, 11) is -1.52. The second-order valence-corrected chi connectivity index (χ2v) is 25.5. The van der Waals surface area contributed by atoms with Crippen LogP contribution in [0.5, 0.6) is 0 Å². The van der Waals surface area contributed by atoms with E-state index >= 15 is 0 Å². The summed E-state index contributed by atoms with van der Waals surface area (Å²) in [5.41, 5.74) is 9.04. The first-order chi connectivity index (χ1) is 34.0. The standard InChI is InChI=1S/C31H26NO.C30H40NSi.Ir/c1-19-18-32-28(15-22(19)17-31(2,3)4)25-11-7-10-24-27-14-21-13-12-20-8-5-6-9-23(20)26(21)16-29(27)33-30(24)25;1-19(2)24-16-26(20(3)4)30(27(17-24)21(5)6)28-15-23(12-11-22(28)7)29-18-25(13-14-31-29)32(8,9)10;/h5-10,12-16,18H,17H2,1-4H3;11,13-21H,1-10H3;/q2*-1;/i1D3,17D2;7D3;. The molecule has 3 aromatic heterocycles. The third kappa shape index (κ3) is 10.1. The molecule has 0 fully saturated rings. The largest absolute Gasteiger partial charge is 0.501 e. The maximum atomic E-state index is 8.85. The Morgan fingerprint density at radius 1 is 0.697 bits per heavy atom. The zero-order valence-electron chi connectivity index (χ0n) is 48.3. The van der Waals surface area contributed by atoms with Gasteiger partial charge in [-0.2, -0.15) is 0 Å². The predicted molar refractivity (Wildman–Crippen MR) is 283 cm³/mol. The van der Waals surface area contributed by atoms with Crippen LogP contribution in [-0.4, -0.2) is 18.0 Å². The van der Waals surface area contributed by atoms with E-state index in [1.54, 1.807) is 39.0 Å². The zero-order chi connectivity index (χ0) is 53.3. The minimum Gasteiger partial charge on any atom is -0.501 e. The fraction of sp³-hybridized carbons (Fsp3) is 0.311. The van der Waals surface area contributed by atoms with Gasteiger partial charge < -0.3 is 14.4 Å². The van der Waals surface area contributed by atoms with Crippen LogP contribution in [0.1, 0.15) is 124 Å². The Morgan fingerprint density at radius 3 is 2.08 bits per heavy atom. The summed E-state index contributed by atoms with van der Waals surface area (Å²) in [5, 5.41) is 7.69. The van der Waals surface area contributed by atoms with Crippen LogP contribution in [-0.2, 0) is 26.5 Å². The van der Waals surface area contributed by atoms with Crippen molar-refractivity contribution in [3.63, 3.8) is 0 Å². The van der Waals surface area contributed by atoms with Crippen LogP contribution in [0.15, 0.2) is 120 Å². The number of furan rings is 1. The number of fused-ring (bicyclic) bond motifs is 6. The predicted octanol–water partition coefficient (Wildman–Crippen LogP) is 17.1. The molecule has 6 aromatic carbocycles. The Labute approximate surface area is 420 Å². The molecule has 66 heavy (non-hydrogen) atoms. The number of rotatable bonds is 8. The van der Waals surface area contributed by atoms with Gasteiger partial charge in [0.25, 0.3) is 0 Å². The normalized spacial score (nSPS) is 14.5. The molecule has 0 unspecified atom stereocenters. The summed E-state index contributed by atoms with van der Waals surface area (Å²) in [5.74, 6) is 0.910. The minimum atomic E-state index is -2.50. The monoisotopic (exact) mass is 1070 g/mol. The molecule has 5 heteroatoms. The van der Waals surface area contributed by atoms with Gasteiger partial charge in [-0.1, -0.05) is 177 Å². The van der Waals surface area contributed by atoms with Crippen LogP contribution >= 0.6 is 0 Å². The van der Waals surface area contributed by atoms with Gasteiger partial charge in [0, 0.05) is 48.9 Å². The summed E-state index contributed by atoms with van der Waals surface area (Å²) < 4.78 is 73.1. The average Bonchev–Trinajstić information content (AvgIpc) is 3.69. The van der Waals surface area contributed by atoms with Gasteiger partial charge in [0.1, 0.15) is 5.58 Å². The summed E-state index contributed by atoms with van der Waals surface area (Å²) in [6, 6.07) is 41.0. The van der Waals surface area contributed by atoms with Crippen LogP contribution in [0.3, 0.4) is 0 Å². The SMILES string of the molecule is [2H]C([2H])([2H])c1c[c-]c(-c2cc([Si](C)(C)C)ccn2)cc1-c1c(C(C)C)cc(C(C)C)cc1C(C)C.[2H]C([2H])([2H])c1cnc(-c2[c-]ccc3c2oc2cc4c(ccc5ccccc54)cc23)cc1C([2H])([2H])C(C)(C)C.[Ir]. The number of pyridine rings is 2. The molecule has 341 valence electrons. The van der Waals surface area contributed by atoms with Gasteiger partial charge in [0.2, 0.25) is 0 Å². The Morgan fingerprint density at radius 2 is 1.41 bits per heavy atom. The maximum Gasteiger partial charge on any atom is 0.121 e. The van der Waals surface area contributed by atoms with Crippen molar-refractivity contribution in [2.75, 3.05) is 0 Å². The first-order valence-electron chi connectivity index (χ1n) is 26.9. The van der Waals surface area contributed by atoms with Crippen molar-refractivity contribution in [2.24, 2.45) is 5.41 Å². The van der Waals surface area contributed by atoms with Crippen molar-refractivity contribution in [1.82, 2.24) is 9.97 Å². The quantitative estimate of drug-likeness (QED) is 0.0865. The van der Waals surface area contributed by atoms with Crippen molar-refractivity contribution >= 4 is 56.7 Å². The van der Waals surface area contributed by atoms with E-state index in [2.05, 4.69) is 144 Å². The van der Waals surface area contributed by atoms with E-state index in [4.69, 9.17) is 15.4 Å². The maximum absolute atomic E-state index is 8.85. The molecule has 0 saturated carbocycles. The molecule has 0 bridgehead atoms. The number of hydrogen-bond donors (Lipinski definition) is 0. The number of aryl methyl sites for hydroxylation is 2. The molecular formula is C61H66IrN2OSi-2. The van der Waals surface area contributed by atoms with Crippen LogP contribution < -0.4 is 5.19 Å². The van der Waals surface area contributed by atoms with Gasteiger partial charge in [0.05, 0.1) is 13.7 Å². The van der Waals surface area contributed by atoms with Gasteiger partial charge in [-0.05, 0) is 115 Å². The fourth-order valence-electron chi connectivity index (χ4n) is 8.69. The average molecular weight is 1070 g/mol. The molecule has 0 aliphatic rings. The zero-order valence-corrected chi connectivity index (χ0v) is 43.7. The number of aromatic nitrogens is 2. The van der Waals surface area contributed by atoms with E-state index < -0.39 is 33.6 Å². The second kappa shape index (κ2) is 19.2. The Kier molecular flexibility index (Phi) is 11.3. The Balaban J connectivity index is 0.000000214. The third-order valence-corrected chi connectivity index (χ3v) is 14.3. The van der Waals surface area contributed by atoms with E-state index in [1.165, 1.54) is 28.1 Å². The van der Waals surface area contributed by atoms with Crippen molar-refractivity contribution in [1.29, 1.82) is 0 Å². The molecule has 0 aliphatic carbocycles. The Bertz CT molecular complexity index is 3510.